The Morgan fingerprint density at radius 3 is 2.42 bits per heavy atom. The number of nitrogens with one attached hydrogen (secondary N) is 3. The summed E-state index contributed by atoms with van der Waals surface area (Å²) >= 11 is 0. The van der Waals surface area contributed by atoms with Crippen LogP contribution in [0.15, 0.2) is 42.5 Å². The van der Waals surface area contributed by atoms with Crippen molar-refractivity contribution >= 4 is 29.5 Å². The largest absolute Gasteiger partial charge is 0.494 e. The molecule has 1 amide bonds. The van der Waals surface area contributed by atoms with E-state index in [9.17, 15) is 9.59 Å². The third kappa shape index (κ3) is 9.45. The Balaban J connectivity index is 1.61. The van der Waals surface area contributed by atoms with Gasteiger partial charge >= 0.3 is 12.0 Å². The quantitative estimate of drug-likeness (QED) is 0.318. The molecule has 1 atom stereocenters. The fraction of sp³-hybridized carbons (Fsp3) is 0.452. The van der Waals surface area contributed by atoms with Crippen LogP contribution < -0.4 is 30.2 Å². The number of methoxy groups -OCH3 is 1. The zero-order valence-corrected chi connectivity index (χ0v) is 25.0. The number of hydrogen-bond acceptors (Lipinski definition) is 11. The first-order valence-corrected chi connectivity index (χ1v) is 14.8. The average Bonchev–Trinajstić information content (AvgIpc) is 3.01. The molecule has 3 N–H and O–H groups in total. The predicted octanol–water partition coefficient (Wildman–Crippen LogP) is 5.03. The summed E-state index contributed by atoms with van der Waals surface area (Å²) in [6, 6.07) is 12.4. The van der Waals surface area contributed by atoms with Crippen molar-refractivity contribution in [3.63, 3.8) is 0 Å². The fourth-order valence-corrected chi connectivity index (χ4v) is 4.45. The molecular formula is C31H40N6O6. The first-order valence-electron chi connectivity index (χ1n) is 14.8. The van der Waals surface area contributed by atoms with Crippen LogP contribution in [0.1, 0.15) is 68.3 Å². The lowest BCUT2D eigenvalue weighted by Crippen LogP contribution is -2.41. The Labute approximate surface area is 251 Å². The van der Waals surface area contributed by atoms with E-state index >= 15 is 0 Å². The summed E-state index contributed by atoms with van der Waals surface area (Å²) in [4.78, 5) is 38.8. The molecule has 3 heterocycles. The number of carbonyl (C=O) groups excluding carboxylic acids is 2. The van der Waals surface area contributed by atoms with Crippen LogP contribution in [0.25, 0.3) is 0 Å². The molecule has 0 saturated carbocycles. The third-order valence-electron chi connectivity index (χ3n) is 6.68. The summed E-state index contributed by atoms with van der Waals surface area (Å²) in [6.45, 7) is 5.70. The lowest BCUT2D eigenvalue weighted by Gasteiger charge is -2.18. The molecule has 2 aliphatic rings. The number of nitrogens with zero attached hydrogens (tertiary/aromatic N) is 3. The van der Waals surface area contributed by atoms with Gasteiger partial charge in [-0.15, -0.1) is 0 Å². The number of hydrogen-bond donors (Lipinski definition) is 3. The summed E-state index contributed by atoms with van der Waals surface area (Å²) in [5.41, 5.74) is 1.94. The molecule has 2 aromatic carbocycles. The van der Waals surface area contributed by atoms with E-state index in [4.69, 9.17) is 18.9 Å². The second kappa shape index (κ2) is 16.1. The van der Waals surface area contributed by atoms with Crippen LogP contribution in [0, 0.1) is 0 Å². The molecule has 0 saturated heterocycles. The molecule has 5 rings (SSSR count). The number of benzene rings is 2. The van der Waals surface area contributed by atoms with Crippen LogP contribution in [0.3, 0.4) is 0 Å². The number of carbonyl (C=O) groups is 2. The molecule has 0 radical (unpaired) electrons. The minimum Gasteiger partial charge on any atom is -0.494 e. The standard InChI is InChI=1S/C31H40N6O6/c1-4-10-25(28(39)40-3)34-27(38)24-16-13-22-19-26(24)43-18-9-7-6-8-17-42-23-14-11-21(12-15-23)20-32-29-35-30(33-22)37-31(36-29)41-5-2/h11-16,19,25H,4-10,17-18,20H2,1-3H3,(H,34,38)(H2,32,33,35,36,37)/t25-/m0/s1. The molecule has 230 valence electrons. The highest BCUT2D eigenvalue weighted by Crippen LogP contribution is 2.27. The van der Waals surface area contributed by atoms with Crippen molar-refractivity contribution < 1.29 is 28.5 Å². The predicted molar refractivity (Wildman–Crippen MR) is 162 cm³/mol. The van der Waals surface area contributed by atoms with Gasteiger partial charge in [0.15, 0.2) is 0 Å². The molecule has 12 heteroatoms. The van der Waals surface area contributed by atoms with Gasteiger partial charge in [-0.3, -0.25) is 4.79 Å². The van der Waals surface area contributed by atoms with E-state index in [1.807, 2.05) is 38.1 Å². The van der Waals surface area contributed by atoms with Crippen molar-refractivity contribution in [2.24, 2.45) is 0 Å². The molecule has 6 bridgehead atoms. The van der Waals surface area contributed by atoms with Crippen LogP contribution in [0.5, 0.6) is 17.5 Å². The molecular weight excluding hydrogens is 552 g/mol. The van der Waals surface area contributed by atoms with Gasteiger partial charge in [-0.05, 0) is 68.9 Å². The minimum atomic E-state index is -0.753. The molecule has 43 heavy (non-hydrogen) atoms. The number of fused-ring (bicyclic) bond motifs is 10. The van der Waals surface area contributed by atoms with Gasteiger partial charge in [0.2, 0.25) is 11.9 Å². The van der Waals surface area contributed by atoms with Crippen molar-refractivity contribution in [2.45, 2.75) is 65.0 Å². The van der Waals surface area contributed by atoms with E-state index in [2.05, 4.69) is 30.9 Å². The van der Waals surface area contributed by atoms with Crippen LogP contribution in [-0.2, 0) is 16.1 Å². The molecule has 1 aromatic heterocycles. The summed E-state index contributed by atoms with van der Waals surface area (Å²) in [6.07, 6.45) is 4.82. The monoisotopic (exact) mass is 592 g/mol. The Morgan fingerprint density at radius 1 is 0.953 bits per heavy atom. The highest BCUT2D eigenvalue weighted by Gasteiger charge is 2.23. The molecule has 0 aliphatic carbocycles. The molecule has 0 fully saturated rings. The minimum absolute atomic E-state index is 0.168. The Hall–Kier alpha value is -4.61. The first kappa shape index (κ1) is 31.3. The number of amides is 1. The fourth-order valence-electron chi connectivity index (χ4n) is 4.45. The zero-order chi connectivity index (χ0) is 30.4. The van der Waals surface area contributed by atoms with Crippen LogP contribution in [-0.4, -0.2) is 59.8 Å². The van der Waals surface area contributed by atoms with Crippen molar-refractivity contribution in [2.75, 3.05) is 37.6 Å². The topological polar surface area (TPSA) is 146 Å². The van der Waals surface area contributed by atoms with E-state index < -0.39 is 17.9 Å². The van der Waals surface area contributed by atoms with Crippen molar-refractivity contribution in [1.82, 2.24) is 20.3 Å². The lowest BCUT2D eigenvalue weighted by atomic mass is 10.1. The number of rotatable bonds is 7. The Kier molecular flexibility index (Phi) is 11.8. The maximum atomic E-state index is 13.3. The molecule has 3 aromatic rings. The second-order valence-electron chi connectivity index (χ2n) is 9.98. The highest BCUT2D eigenvalue weighted by atomic mass is 16.5. The van der Waals surface area contributed by atoms with Gasteiger partial charge in [-0.25, -0.2) is 4.79 Å². The van der Waals surface area contributed by atoms with E-state index in [1.54, 1.807) is 18.2 Å². The maximum Gasteiger partial charge on any atom is 0.328 e. The Morgan fingerprint density at radius 2 is 1.70 bits per heavy atom. The molecule has 0 spiro atoms. The Bertz CT molecular complexity index is 1350. The SMILES string of the molecule is CCC[C@H](NC(=O)c1ccc2cc1OCCCCCCOc1ccc(cc1)CNc1nc(nc(OCC)n1)N2)C(=O)OC. The molecule has 2 aliphatic heterocycles. The molecule has 12 nitrogen and oxygen atoms in total. The van der Waals surface area contributed by atoms with Crippen LogP contribution in [0.4, 0.5) is 17.6 Å². The highest BCUT2D eigenvalue weighted by molar-refractivity contribution is 5.99. The molecule has 0 unspecified atom stereocenters. The second-order valence-corrected chi connectivity index (χ2v) is 9.98. The van der Waals surface area contributed by atoms with E-state index in [0.717, 1.165) is 37.0 Å². The van der Waals surface area contributed by atoms with Gasteiger partial charge in [-0.1, -0.05) is 25.5 Å². The number of ether oxygens (including phenoxy) is 4. The van der Waals surface area contributed by atoms with Gasteiger partial charge in [0.25, 0.3) is 5.91 Å². The smallest absolute Gasteiger partial charge is 0.328 e. The number of esters is 1. The van der Waals surface area contributed by atoms with Gasteiger partial charge in [0, 0.05) is 18.3 Å². The average molecular weight is 593 g/mol. The van der Waals surface area contributed by atoms with Gasteiger partial charge in [-0.2, -0.15) is 15.0 Å². The van der Waals surface area contributed by atoms with Crippen molar-refractivity contribution in [3.8, 4) is 17.5 Å². The van der Waals surface area contributed by atoms with E-state index in [-0.39, 0.29) is 12.0 Å². The van der Waals surface area contributed by atoms with Crippen molar-refractivity contribution in [1.29, 1.82) is 0 Å². The summed E-state index contributed by atoms with van der Waals surface area (Å²) < 4.78 is 22.5. The number of aromatic nitrogens is 3. The van der Waals surface area contributed by atoms with Gasteiger partial charge in [0.1, 0.15) is 17.5 Å². The first-order chi connectivity index (χ1) is 21.0. The van der Waals surface area contributed by atoms with Gasteiger partial charge in [0.05, 0.1) is 32.5 Å². The summed E-state index contributed by atoms with van der Waals surface area (Å²) in [5.74, 6) is 0.871. The third-order valence-corrected chi connectivity index (χ3v) is 6.68. The van der Waals surface area contributed by atoms with Gasteiger partial charge < -0.3 is 34.9 Å². The number of anilines is 3. The van der Waals surface area contributed by atoms with E-state index in [0.29, 0.717) is 62.2 Å². The van der Waals surface area contributed by atoms with E-state index in [1.165, 1.54) is 7.11 Å². The van der Waals surface area contributed by atoms with Crippen LogP contribution in [0.2, 0.25) is 0 Å². The zero-order valence-electron chi connectivity index (χ0n) is 25.0. The normalized spacial score (nSPS) is 14.4. The lowest BCUT2D eigenvalue weighted by molar-refractivity contribution is -0.143. The maximum absolute atomic E-state index is 13.3. The van der Waals surface area contributed by atoms with Crippen molar-refractivity contribution in [3.05, 3.63) is 53.6 Å². The van der Waals surface area contributed by atoms with Crippen LogP contribution >= 0.6 is 0 Å². The summed E-state index contributed by atoms with van der Waals surface area (Å²) in [7, 11) is 1.31. The summed E-state index contributed by atoms with van der Waals surface area (Å²) in [5, 5.41) is 9.19.